The summed E-state index contributed by atoms with van der Waals surface area (Å²) < 4.78 is 5.12. The van der Waals surface area contributed by atoms with Gasteiger partial charge in [-0.15, -0.1) is 0 Å². The number of anilines is 1. The van der Waals surface area contributed by atoms with Crippen molar-refractivity contribution < 1.29 is 14.3 Å². The molecule has 6 heteroatoms. The van der Waals surface area contributed by atoms with Crippen molar-refractivity contribution in [1.29, 1.82) is 0 Å². The Balaban J connectivity index is 0.000000271. The van der Waals surface area contributed by atoms with Crippen LogP contribution < -0.4 is 16.2 Å². The third-order valence-electron chi connectivity index (χ3n) is 5.29. The number of rotatable bonds is 6. The molecule has 1 unspecified atom stereocenters. The second-order valence-electron chi connectivity index (χ2n) is 7.56. The fourth-order valence-electron chi connectivity index (χ4n) is 3.22. The monoisotopic (exact) mass is 432 g/mol. The van der Waals surface area contributed by atoms with E-state index in [1.165, 1.54) is 31.7 Å². The lowest BCUT2D eigenvalue weighted by Crippen LogP contribution is -2.27. The first-order valence-electron chi connectivity index (χ1n) is 10.2. The van der Waals surface area contributed by atoms with Gasteiger partial charge in [0, 0.05) is 10.7 Å². The van der Waals surface area contributed by atoms with Crippen LogP contribution in [0.5, 0.6) is 5.75 Å². The van der Waals surface area contributed by atoms with Crippen molar-refractivity contribution in [3.8, 4) is 5.75 Å². The quantitative estimate of drug-likeness (QED) is 0.483. The summed E-state index contributed by atoms with van der Waals surface area (Å²) in [5, 5.41) is 0.844. The van der Waals surface area contributed by atoms with Crippen LogP contribution in [0.25, 0.3) is 0 Å². The molecule has 0 radical (unpaired) electrons. The Hall–Kier alpha value is -2.53. The number of halogens is 1. The van der Waals surface area contributed by atoms with Crippen LogP contribution in [0, 0.1) is 11.8 Å². The molecular weight excluding hydrogens is 400 g/mol. The van der Waals surface area contributed by atoms with E-state index < -0.39 is 0 Å². The highest BCUT2D eigenvalue weighted by molar-refractivity contribution is 6.30. The topological polar surface area (TPSA) is 95.4 Å². The fraction of sp³-hybridized carbons (Fsp3) is 0.417. The second kappa shape index (κ2) is 13.6. The summed E-state index contributed by atoms with van der Waals surface area (Å²) in [6, 6.07) is 15.3. The molecule has 0 heterocycles. The van der Waals surface area contributed by atoms with E-state index in [2.05, 4.69) is 31.7 Å². The molecule has 164 valence electrons. The number of carbonyl (C=O) groups is 2. The minimum absolute atomic E-state index is 0.00632. The highest BCUT2D eigenvalue weighted by atomic mass is 35.5. The molecule has 0 aliphatic heterocycles. The SMILES string of the molecule is CC(=O)COc1ccc(N)cc1.CCC(C)C1CC(c2ccc(Cl)cc2)C1.NC=O. The maximum Gasteiger partial charge on any atom is 0.204 e. The van der Waals surface area contributed by atoms with Crippen LogP contribution in [0.1, 0.15) is 51.5 Å². The molecule has 1 saturated carbocycles. The van der Waals surface area contributed by atoms with Gasteiger partial charge >= 0.3 is 0 Å². The van der Waals surface area contributed by atoms with E-state index in [4.69, 9.17) is 26.9 Å². The first-order chi connectivity index (χ1) is 14.3. The second-order valence-corrected chi connectivity index (χ2v) is 8.00. The molecule has 30 heavy (non-hydrogen) atoms. The number of ether oxygens (including phenoxy) is 1. The number of carbonyl (C=O) groups excluding carboxylic acids is 2. The van der Waals surface area contributed by atoms with E-state index in [1.807, 2.05) is 12.1 Å². The van der Waals surface area contributed by atoms with Gasteiger partial charge in [0.1, 0.15) is 12.4 Å². The van der Waals surface area contributed by atoms with Gasteiger partial charge in [-0.05, 0) is 79.5 Å². The molecule has 1 aliphatic rings. The van der Waals surface area contributed by atoms with Crippen LogP contribution in [0.3, 0.4) is 0 Å². The molecule has 0 spiro atoms. The number of Topliss-reactive ketones (excluding diaryl/α,β-unsaturated/α-hetero) is 1. The van der Waals surface area contributed by atoms with E-state index in [0.717, 1.165) is 22.8 Å². The first kappa shape index (κ1) is 25.5. The molecule has 1 aliphatic carbocycles. The summed E-state index contributed by atoms with van der Waals surface area (Å²) in [6.45, 7) is 6.27. The highest BCUT2D eigenvalue weighted by Gasteiger charge is 2.32. The van der Waals surface area contributed by atoms with Crippen molar-refractivity contribution in [2.75, 3.05) is 12.3 Å². The highest BCUT2D eigenvalue weighted by Crippen LogP contribution is 2.46. The van der Waals surface area contributed by atoms with Crippen molar-refractivity contribution in [3.63, 3.8) is 0 Å². The van der Waals surface area contributed by atoms with E-state index in [-0.39, 0.29) is 18.8 Å². The summed E-state index contributed by atoms with van der Waals surface area (Å²) in [5.74, 6) is 3.32. The third-order valence-corrected chi connectivity index (χ3v) is 5.54. The molecule has 3 rings (SSSR count). The Bertz CT molecular complexity index is 757. The van der Waals surface area contributed by atoms with Crippen molar-refractivity contribution in [2.24, 2.45) is 17.6 Å². The summed E-state index contributed by atoms with van der Waals surface area (Å²) >= 11 is 5.88. The Morgan fingerprint density at radius 1 is 1.17 bits per heavy atom. The number of benzene rings is 2. The van der Waals surface area contributed by atoms with E-state index in [1.54, 1.807) is 24.3 Å². The van der Waals surface area contributed by atoms with Crippen LogP contribution >= 0.6 is 11.6 Å². The number of hydrogen-bond acceptors (Lipinski definition) is 4. The van der Waals surface area contributed by atoms with Crippen LogP contribution in [-0.2, 0) is 9.59 Å². The molecule has 1 fully saturated rings. The van der Waals surface area contributed by atoms with Gasteiger partial charge in [0.05, 0.1) is 0 Å². The average molecular weight is 433 g/mol. The molecule has 1 atom stereocenters. The van der Waals surface area contributed by atoms with Crippen molar-refractivity contribution in [2.45, 2.75) is 46.0 Å². The minimum atomic E-state index is 0.00632. The zero-order valence-corrected chi connectivity index (χ0v) is 18.8. The number of hydrogen-bond donors (Lipinski definition) is 2. The lowest BCUT2D eigenvalue weighted by Gasteiger charge is -2.39. The Morgan fingerprint density at radius 2 is 1.70 bits per heavy atom. The normalized spacial score (nSPS) is 17.7. The van der Waals surface area contributed by atoms with Gasteiger partial charge in [0.2, 0.25) is 6.41 Å². The van der Waals surface area contributed by atoms with E-state index in [9.17, 15) is 4.79 Å². The molecule has 2 aromatic rings. The summed E-state index contributed by atoms with van der Waals surface area (Å²) in [5.41, 5.74) is 11.8. The zero-order valence-electron chi connectivity index (χ0n) is 18.0. The van der Waals surface area contributed by atoms with Gasteiger partial charge in [-0.3, -0.25) is 9.59 Å². The molecule has 2 aromatic carbocycles. The molecule has 5 nitrogen and oxygen atoms in total. The van der Waals surface area contributed by atoms with Gasteiger partial charge in [-0.1, -0.05) is 44.0 Å². The maximum absolute atomic E-state index is 10.5. The lowest BCUT2D eigenvalue weighted by molar-refractivity contribution is -0.118. The van der Waals surface area contributed by atoms with Crippen molar-refractivity contribution in [1.82, 2.24) is 0 Å². The summed E-state index contributed by atoms with van der Waals surface area (Å²) in [6.07, 6.45) is 4.31. The van der Waals surface area contributed by atoms with Gasteiger partial charge in [0.25, 0.3) is 0 Å². The first-order valence-corrected chi connectivity index (χ1v) is 10.6. The Kier molecular flexibility index (Phi) is 11.6. The van der Waals surface area contributed by atoms with Crippen LogP contribution in [0.4, 0.5) is 5.69 Å². The minimum Gasteiger partial charge on any atom is -0.486 e. The van der Waals surface area contributed by atoms with Gasteiger partial charge in [-0.25, -0.2) is 0 Å². The van der Waals surface area contributed by atoms with Gasteiger partial charge in [-0.2, -0.15) is 0 Å². The van der Waals surface area contributed by atoms with Gasteiger partial charge < -0.3 is 16.2 Å². The lowest BCUT2D eigenvalue weighted by atomic mass is 9.66. The van der Waals surface area contributed by atoms with Crippen molar-refractivity contribution >= 4 is 29.5 Å². The number of primary amides is 1. The van der Waals surface area contributed by atoms with E-state index in [0.29, 0.717) is 11.4 Å². The molecule has 0 aromatic heterocycles. The molecule has 0 saturated heterocycles. The standard InChI is InChI=1S/C14H19Cl.C9H11NO2.CH3NO/c1-3-10(2)12-8-13(9-12)11-4-6-14(15)7-5-11;1-7(11)6-12-9-4-2-8(10)3-5-9;2-1-3/h4-7,10,12-13H,3,8-9H2,1-2H3;2-5H,6,10H2,1H3;1H,(H2,2,3). The van der Waals surface area contributed by atoms with Crippen LogP contribution in [-0.4, -0.2) is 18.8 Å². The Morgan fingerprint density at radius 3 is 2.17 bits per heavy atom. The molecule has 1 amide bonds. The van der Waals surface area contributed by atoms with Crippen molar-refractivity contribution in [3.05, 3.63) is 59.1 Å². The maximum atomic E-state index is 10.5. The van der Waals surface area contributed by atoms with Crippen LogP contribution in [0.15, 0.2) is 48.5 Å². The third kappa shape index (κ3) is 9.31. The predicted octanol–water partition coefficient (Wildman–Crippen LogP) is 5.22. The Labute approximate surface area is 184 Å². The average Bonchev–Trinajstić information content (AvgIpc) is 2.69. The number of nitrogens with two attached hydrogens (primary N) is 2. The molecule has 0 bridgehead atoms. The summed E-state index contributed by atoms with van der Waals surface area (Å²) in [4.78, 5) is 19.1. The summed E-state index contributed by atoms with van der Waals surface area (Å²) in [7, 11) is 0. The van der Waals surface area contributed by atoms with E-state index >= 15 is 0 Å². The molecular formula is C24H33ClN2O3. The fourth-order valence-corrected chi connectivity index (χ4v) is 3.34. The molecule has 4 N–H and O–H groups in total. The number of amides is 1. The number of nitrogen functional groups attached to an aromatic ring is 1. The zero-order chi connectivity index (χ0) is 22.5. The largest absolute Gasteiger partial charge is 0.486 e. The van der Waals surface area contributed by atoms with Crippen LogP contribution in [0.2, 0.25) is 5.02 Å². The smallest absolute Gasteiger partial charge is 0.204 e. The van der Waals surface area contributed by atoms with Gasteiger partial charge in [0.15, 0.2) is 5.78 Å². The number of ketones is 1. The predicted molar refractivity (Wildman–Crippen MR) is 124 cm³/mol.